The molecule has 0 heterocycles. The minimum atomic E-state index is -1.62. The van der Waals surface area contributed by atoms with Gasteiger partial charge in [0.15, 0.2) is 11.9 Å². The Morgan fingerprint density at radius 1 is 0.597 bits per heavy atom. The SMILES string of the molecule is CSCC[C@H](NC(=O)[C@H](CCCN=C(N)N)NC(=O)[C@H](CC(N)=O)NC(=O)CNC(=O)[C@H](C)N)C(=O)N[C@@H](CCCN=C(N)N)C(=O)N[C@@H](CO)C(=O)N[C@@H](CC(C)C)C(=O)O. The van der Waals surface area contributed by atoms with Gasteiger partial charge in [0.05, 0.1) is 25.6 Å². The highest BCUT2D eigenvalue weighted by atomic mass is 32.2. The number of nitrogens with zero attached hydrogens (tertiary/aromatic N) is 2. The van der Waals surface area contributed by atoms with Crippen molar-refractivity contribution < 1.29 is 53.4 Å². The number of aliphatic imine (C=N–C) groups is 2. The lowest BCUT2D eigenvalue weighted by molar-refractivity contribution is -0.143. The van der Waals surface area contributed by atoms with Crippen LogP contribution in [0, 0.1) is 5.92 Å². The third-order valence-electron chi connectivity index (χ3n) is 8.43. The number of guanidine groups is 2. The minimum absolute atomic E-state index is 0.00264. The van der Waals surface area contributed by atoms with Crippen LogP contribution in [0.4, 0.5) is 0 Å². The molecule has 0 rings (SSSR count). The van der Waals surface area contributed by atoms with Gasteiger partial charge in [0.2, 0.25) is 47.3 Å². The summed E-state index contributed by atoms with van der Waals surface area (Å²) in [6.07, 6.45) is 1.06. The summed E-state index contributed by atoms with van der Waals surface area (Å²) in [5.74, 6) is -8.94. The second kappa shape index (κ2) is 30.1. The Morgan fingerprint density at radius 2 is 1.02 bits per heavy atom. The maximum Gasteiger partial charge on any atom is 0.326 e. The zero-order valence-electron chi connectivity index (χ0n) is 35.4. The predicted octanol–water partition coefficient (Wildman–Crippen LogP) is -6.78. The van der Waals surface area contributed by atoms with Crippen LogP contribution in [0.5, 0.6) is 0 Å². The van der Waals surface area contributed by atoms with Crippen molar-refractivity contribution in [1.82, 2.24) is 37.2 Å². The summed E-state index contributed by atoms with van der Waals surface area (Å²) in [6.45, 7) is 3.35. The molecular weight excluding hydrogens is 839 g/mol. The average Bonchev–Trinajstić information content (AvgIpc) is 3.18. The summed E-state index contributed by atoms with van der Waals surface area (Å²) in [5, 5.41) is 36.2. The van der Waals surface area contributed by atoms with Crippen LogP contribution in [0.3, 0.4) is 0 Å². The van der Waals surface area contributed by atoms with Crippen LogP contribution in [0.25, 0.3) is 0 Å². The van der Waals surface area contributed by atoms with Gasteiger partial charge in [-0.1, -0.05) is 13.8 Å². The molecule has 0 unspecified atom stereocenters. The number of thioether (sulfide) groups is 1. The Balaban J connectivity index is 6.52. The number of aliphatic hydroxyl groups excluding tert-OH is 1. The second-order valence-corrected chi connectivity index (χ2v) is 15.4. The van der Waals surface area contributed by atoms with Crippen molar-refractivity contribution in [1.29, 1.82) is 0 Å². The molecule has 8 amide bonds. The number of aliphatic hydroxyl groups is 1. The number of carbonyl (C=O) groups is 9. The van der Waals surface area contributed by atoms with Gasteiger partial charge in [-0.3, -0.25) is 48.3 Å². The van der Waals surface area contributed by atoms with Crippen molar-refractivity contribution >= 4 is 76.9 Å². The molecule has 7 atom stereocenters. The Hall–Kier alpha value is -5.96. The molecule has 0 aliphatic carbocycles. The smallest absolute Gasteiger partial charge is 0.326 e. The molecule has 0 aromatic carbocycles. The van der Waals surface area contributed by atoms with E-state index in [2.05, 4.69) is 47.2 Å². The second-order valence-electron chi connectivity index (χ2n) is 14.4. The first-order chi connectivity index (χ1) is 29.0. The quantitative estimate of drug-likeness (QED) is 0.0175. The van der Waals surface area contributed by atoms with E-state index in [0.717, 1.165) is 0 Å². The predicted molar refractivity (Wildman–Crippen MR) is 229 cm³/mol. The molecule has 0 saturated carbocycles. The van der Waals surface area contributed by atoms with Crippen molar-refractivity contribution in [3.05, 3.63) is 0 Å². The molecule has 0 aliphatic heterocycles. The molecule has 352 valence electrons. The van der Waals surface area contributed by atoms with Crippen LogP contribution in [-0.4, -0.2) is 156 Å². The molecule has 0 aromatic rings. The normalized spacial score (nSPS) is 14.2. The number of carboxylic acids is 1. The number of carboxylic acid groups (broad SMARTS) is 1. The molecule has 21 N–H and O–H groups in total. The number of nitrogens with two attached hydrogens (primary N) is 6. The molecule has 26 nitrogen and oxygen atoms in total. The topological polar surface area (TPSA) is 459 Å². The molecule has 0 radical (unpaired) electrons. The maximum absolute atomic E-state index is 13.9. The largest absolute Gasteiger partial charge is 0.480 e. The van der Waals surface area contributed by atoms with E-state index in [1.54, 1.807) is 20.1 Å². The number of aliphatic carboxylic acids is 1. The number of hydrogen-bond acceptors (Lipinski definition) is 14. The molecule has 0 saturated heterocycles. The van der Waals surface area contributed by atoms with Gasteiger partial charge in [-0.2, -0.15) is 11.8 Å². The van der Waals surface area contributed by atoms with Crippen molar-refractivity contribution in [2.75, 3.05) is 38.2 Å². The van der Waals surface area contributed by atoms with E-state index in [0.29, 0.717) is 5.75 Å². The third-order valence-corrected chi connectivity index (χ3v) is 9.08. The fraction of sp³-hybridized carbons (Fsp3) is 0.686. The van der Waals surface area contributed by atoms with Crippen molar-refractivity contribution in [3.8, 4) is 0 Å². The van der Waals surface area contributed by atoms with Gasteiger partial charge in [-0.25, -0.2) is 4.79 Å². The monoisotopic (exact) mass is 903 g/mol. The first-order valence-electron chi connectivity index (χ1n) is 19.6. The molecule has 27 heteroatoms. The standard InChI is InChI=1S/C35H65N15O11S/c1-17(2)13-23(33(60)61)49-32(59)24(16-51)50-29(56)20(8-6-11-43-35(40)41)46-30(57)21(9-12-62-4)48-28(55)19(7-5-10-42-34(38)39)47-31(58)22(14-25(37)52)45-26(53)15-44-27(54)18(3)36/h17-24,51H,5-16,36H2,1-4H3,(H2,37,52)(H,44,54)(H,45,53)(H,46,57)(H,47,58)(H,48,55)(H,49,59)(H,50,56)(H,60,61)(H4,38,39,42)(H4,40,41,43)/t18-,19-,20-,21-,22-,23-,24-/m0/s1. The van der Waals surface area contributed by atoms with Gasteiger partial charge in [-0.15, -0.1) is 0 Å². The maximum atomic E-state index is 13.9. The van der Waals surface area contributed by atoms with E-state index in [9.17, 15) is 53.4 Å². The van der Waals surface area contributed by atoms with Crippen LogP contribution >= 0.6 is 11.8 Å². The molecular formula is C35H65N15O11S. The van der Waals surface area contributed by atoms with E-state index in [1.807, 2.05) is 0 Å². The van der Waals surface area contributed by atoms with Gasteiger partial charge in [-0.05, 0) is 63.4 Å². The molecule has 62 heavy (non-hydrogen) atoms. The van der Waals surface area contributed by atoms with Gasteiger partial charge < -0.3 is 81.8 Å². The minimum Gasteiger partial charge on any atom is -0.480 e. The lowest BCUT2D eigenvalue weighted by Gasteiger charge is -2.27. The van der Waals surface area contributed by atoms with E-state index < -0.39 is 115 Å². The Labute approximate surface area is 363 Å². The van der Waals surface area contributed by atoms with E-state index in [1.165, 1.54) is 18.7 Å². The fourth-order valence-electron chi connectivity index (χ4n) is 5.28. The summed E-state index contributed by atoms with van der Waals surface area (Å²) < 4.78 is 0. The lowest BCUT2D eigenvalue weighted by atomic mass is 10.0. The molecule has 0 bridgehead atoms. The summed E-state index contributed by atoms with van der Waals surface area (Å²) in [7, 11) is 0. The van der Waals surface area contributed by atoms with Gasteiger partial charge in [0.1, 0.15) is 36.3 Å². The van der Waals surface area contributed by atoms with Gasteiger partial charge in [0, 0.05) is 13.1 Å². The highest BCUT2D eigenvalue weighted by Gasteiger charge is 2.33. The van der Waals surface area contributed by atoms with E-state index in [4.69, 9.17) is 34.4 Å². The molecule has 0 aromatic heterocycles. The zero-order chi connectivity index (χ0) is 47.5. The molecule has 0 spiro atoms. The number of amides is 8. The van der Waals surface area contributed by atoms with E-state index >= 15 is 0 Å². The number of hydrogen-bond donors (Lipinski definition) is 15. The van der Waals surface area contributed by atoms with Crippen molar-refractivity contribution in [3.63, 3.8) is 0 Å². The number of primary amides is 1. The van der Waals surface area contributed by atoms with Gasteiger partial charge >= 0.3 is 5.97 Å². The number of rotatable bonds is 31. The highest BCUT2D eigenvalue weighted by Crippen LogP contribution is 2.09. The van der Waals surface area contributed by atoms with Crippen LogP contribution in [0.2, 0.25) is 0 Å². The average molecular weight is 904 g/mol. The van der Waals surface area contributed by atoms with Crippen molar-refractivity contribution in [2.45, 2.75) is 108 Å². The van der Waals surface area contributed by atoms with Gasteiger partial charge in [0.25, 0.3) is 0 Å². The summed E-state index contributed by atoms with van der Waals surface area (Å²) in [6, 6.07) is -9.69. The van der Waals surface area contributed by atoms with Crippen LogP contribution in [0.15, 0.2) is 9.98 Å². The lowest BCUT2D eigenvalue weighted by Crippen LogP contribution is -2.60. The third kappa shape index (κ3) is 24.3. The zero-order valence-corrected chi connectivity index (χ0v) is 36.3. The Morgan fingerprint density at radius 3 is 1.40 bits per heavy atom. The number of nitrogens with one attached hydrogen (secondary N) is 7. The first kappa shape index (κ1) is 56.0. The van der Waals surface area contributed by atoms with Crippen molar-refractivity contribution in [2.24, 2.45) is 50.3 Å². The Kier molecular flexibility index (Phi) is 27.2. The fourth-order valence-corrected chi connectivity index (χ4v) is 5.75. The summed E-state index contributed by atoms with van der Waals surface area (Å²) in [4.78, 5) is 124. The van der Waals surface area contributed by atoms with Crippen LogP contribution in [0.1, 0.15) is 65.7 Å². The number of carbonyl (C=O) groups excluding carboxylic acids is 8. The van der Waals surface area contributed by atoms with Crippen LogP contribution < -0.4 is 71.6 Å². The first-order valence-corrected chi connectivity index (χ1v) is 21.0. The van der Waals surface area contributed by atoms with E-state index in [-0.39, 0.29) is 69.5 Å². The highest BCUT2D eigenvalue weighted by molar-refractivity contribution is 7.98. The Bertz CT molecular complexity index is 1590. The molecule has 0 aliphatic rings. The van der Waals surface area contributed by atoms with Crippen LogP contribution in [-0.2, 0) is 43.2 Å². The summed E-state index contributed by atoms with van der Waals surface area (Å²) in [5.41, 5.74) is 32.4. The summed E-state index contributed by atoms with van der Waals surface area (Å²) >= 11 is 1.32. The molecule has 0 fully saturated rings.